The fourth-order valence-electron chi connectivity index (χ4n) is 2.82. The molecule has 6 N–H and O–H groups in total. The number of ether oxygens (including phenoxy) is 1. The summed E-state index contributed by atoms with van der Waals surface area (Å²) >= 11 is 0. The molecule has 1 aliphatic rings. The number of hydrogen-bond donors (Lipinski definition) is 3. The van der Waals surface area contributed by atoms with E-state index in [1.807, 2.05) is 13.8 Å². The molecule has 29 heavy (non-hydrogen) atoms. The van der Waals surface area contributed by atoms with Crippen LogP contribution in [0.25, 0.3) is 5.57 Å². The normalized spacial score (nSPS) is 14.1. The summed E-state index contributed by atoms with van der Waals surface area (Å²) in [6.45, 7) is 5.29. The quantitative estimate of drug-likeness (QED) is 0.385. The Morgan fingerprint density at radius 3 is 2.21 bits per heavy atom. The van der Waals surface area contributed by atoms with Crippen LogP contribution in [0.15, 0.2) is 35.2 Å². The molecule has 1 aromatic carbocycles. The van der Waals surface area contributed by atoms with Crippen molar-refractivity contribution in [1.29, 1.82) is 0 Å². The molecule has 0 amide bonds. The Bertz CT molecular complexity index is 771. The molecule has 1 atom stereocenters. The van der Waals surface area contributed by atoms with Crippen LogP contribution < -0.4 is 17.2 Å². The van der Waals surface area contributed by atoms with Crippen molar-refractivity contribution < 1.29 is 27.1 Å². The number of carbonyl (C=O) groups excluding carboxylic acids is 1. The Morgan fingerprint density at radius 2 is 1.79 bits per heavy atom. The highest BCUT2D eigenvalue weighted by molar-refractivity contribution is 5.91. The van der Waals surface area contributed by atoms with Crippen molar-refractivity contribution in [1.82, 2.24) is 0 Å². The van der Waals surface area contributed by atoms with Gasteiger partial charge in [0.2, 0.25) is 0 Å². The van der Waals surface area contributed by atoms with E-state index in [0.29, 0.717) is 24.0 Å². The van der Waals surface area contributed by atoms with Crippen molar-refractivity contribution in [2.24, 2.45) is 17.2 Å². The number of hydrogen-bond acceptors (Lipinski definition) is 5. The molecule has 0 aromatic heterocycles. The molecular weight excluding hydrogens is 390 g/mol. The molecule has 9 heteroatoms. The van der Waals surface area contributed by atoms with E-state index in [0.717, 1.165) is 12.0 Å². The van der Waals surface area contributed by atoms with Crippen molar-refractivity contribution in [3.8, 4) is 0 Å². The summed E-state index contributed by atoms with van der Waals surface area (Å²) in [6.07, 6.45) is -2.62. The molecule has 2 rings (SSSR count). The third-order valence-corrected chi connectivity index (χ3v) is 4.45. The first-order chi connectivity index (χ1) is 13.5. The Hall–Kier alpha value is -2.55. The second kappa shape index (κ2) is 10.3. The first-order valence-corrected chi connectivity index (χ1v) is 9.25. The van der Waals surface area contributed by atoms with E-state index >= 15 is 0 Å². The van der Waals surface area contributed by atoms with Crippen LogP contribution in [-0.4, -0.2) is 24.8 Å². The van der Waals surface area contributed by atoms with E-state index in [1.54, 1.807) is 19.1 Å². The molecule has 5 nitrogen and oxygen atoms in total. The number of rotatable bonds is 5. The number of carbonyl (C=O) groups is 1. The Balaban J connectivity index is 0.00000204. The zero-order valence-corrected chi connectivity index (χ0v) is 16.7. The summed E-state index contributed by atoms with van der Waals surface area (Å²) in [5.41, 5.74) is 16.6. The lowest BCUT2D eigenvalue weighted by Gasteiger charge is -2.24. The monoisotopic (exact) mass is 417 g/mol. The van der Waals surface area contributed by atoms with Crippen LogP contribution in [0, 0.1) is 12.7 Å². The van der Waals surface area contributed by atoms with Crippen molar-refractivity contribution in [2.45, 2.75) is 52.3 Å². The van der Waals surface area contributed by atoms with E-state index in [1.165, 1.54) is 6.07 Å². The van der Waals surface area contributed by atoms with Gasteiger partial charge in [0.05, 0.1) is 0 Å². The maximum atomic E-state index is 14.3. The third kappa shape index (κ3) is 5.96. The van der Waals surface area contributed by atoms with Gasteiger partial charge in [0, 0.05) is 5.56 Å². The van der Waals surface area contributed by atoms with Crippen LogP contribution in [0.3, 0.4) is 0 Å². The zero-order chi connectivity index (χ0) is 22.4. The van der Waals surface area contributed by atoms with Crippen LogP contribution in [-0.2, 0) is 9.53 Å². The predicted octanol–water partition coefficient (Wildman–Crippen LogP) is 3.66. The molecule has 0 saturated heterocycles. The largest absolute Gasteiger partial charge is 0.457 e. The standard InChI is InChI=1S/C18H21F4N3O2.C2H6/c1-9-4-2-7-12(19)13(9)11(10-5-3-6-10)8-27-17(26)14(16(24)25)15(23)18(20,21)22;1-2/h2,4,7,15H,3,5-6,8,23-25H2,1H3;1-2H3. The van der Waals surface area contributed by atoms with Gasteiger partial charge in [-0.1, -0.05) is 31.6 Å². The summed E-state index contributed by atoms with van der Waals surface area (Å²) in [7, 11) is 0. The molecule has 0 radical (unpaired) electrons. The second-order valence-electron chi connectivity index (χ2n) is 6.33. The predicted molar refractivity (Wildman–Crippen MR) is 104 cm³/mol. The topological polar surface area (TPSA) is 104 Å². The molecule has 0 aliphatic heterocycles. The molecule has 0 spiro atoms. The Labute approximate surface area is 167 Å². The van der Waals surface area contributed by atoms with Crippen molar-refractivity contribution in [3.63, 3.8) is 0 Å². The van der Waals surface area contributed by atoms with E-state index in [-0.39, 0.29) is 5.56 Å². The van der Waals surface area contributed by atoms with Crippen LogP contribution in [0.5, 0.6) is 0 Å². The minimum absolute atomic E-state index is 0.284. The van der Waals surface area contributed by atoms with Gasteiger partial charge < -0.3 is 21.9 Å². The average Bonchev–Trinajstić information content (AvgIpc) is 2.58. The highest BCUT2D eigenvalue weighted by atomic mass is 19.4. The smallest absolute Gasteiger partial charge is 0.408 e. The van der Waals surface area contributed by atoms with Crippen molar-refractivity contribution >= 4 is 11.5 Å². The lowest BCUT2D eigenvalue weighted by atomic mass is 9.84. The molecule has 1 saturated carbocycles. The van der Waals surface area contributed by atoms with Gasteiger partial charge in [-0.25, -0.2) is 9.18 Å². The molecule has 1 fully saturated rings. The molecular formula is C20H27F4N3O2. The van der Waals surface area contributed by atoms with Gasteiger partial charge in [-0.2, -0.15) is 13.2 Å². The zero-order valence-electron chi connectivity index (χ0n) is 16.7. The number of allylic oxidation sites excluding steroid dienone is 1. The van der Waals surface area contributed by atoms with Crippen molar-refractivity contribution in [2.75, 3.05) is 6.61 Å². The van der Waals surface area contributed by atoms with Gasteiger partial charge in [0.15, 0.2) is 0 Å². The highest BCUT2D eigenvalue weighted by Crippen LogP contribution is 2.36. The van der Waals surface area contributed by atoms with E-state index < -0.39 is 42.0 Å². The van der Waals surface area contributed by atoms with Crippen LogP contribution in [0.4, 0.5) is 17.6 Å². The number of nitrogens with two attached hydrogens (primary N) is 3. The second-order valence-corrected chi connectivity index (χ2v) is 6.33. The van der Waals surface area contributed by atoms with E-state index in [4.69, 9.17) is 21.9 Å². The minimum Gasteiger partial charge on any atom is -0.457 e. The fourth-order valence-corrected chi connectivity index (χ4v) is 2.82. The number of esters is 1. The molecule has 1 aromatic rings. The Kier molecular flexibility index (Phi) is 8.69. The highest BCUT2D eigenvalue weighted by Gasteiger charge is 2.43. The summed E-state index contributed by atoms with van der Waals surface area (Å²) in [6, 6.07) is 1.83. The van der Waals surface area contributed by atoms with E-state index in [2.05, 4.69) is 0 Å². The maximum absolute atomic E-state index is 14.3. The molecule has 0 bridgehead atoms. The summed E-state index contributed by atoms with van der Waals surface area (Å²) in [5, 5.41) is 0. The van der Waals surface area contributed by atoms with Gasteiger partial charge in [-0.3, -0.25) is 0 Å². The summed E-state index contributed by atoms with van der Waals surface area (Å²) in [5.74, 6) is -2.75. The molecule has 162 valence electrons. The van der Waals surface area contributed by atoms with Crippen molar-refractivity contribution in [3.05, 3.63) is 52.1 Å². The van der Waals surface area contributed by atoms with Gasteiger partial charge in [-0.15, -0.1) is 0 Å². The molecule has 0 heterocycles. The maximum Gasteiger partial charge on any atom is 0.408 e. The van der Waals surface area contributed by atoms with Crippen LogP contribution >= 0.6 is 0 Å². The summed E-state index contributed by atoms with van der Waals surface area (Å²) in [4.78, 5) is 12.2. The SMILES string of the molecule is CC.Cc1cccc(F)c1C(COC(=O)C(=C(N)N)C(N)C(F)(F)F)=C1CCC1. The van der Waals surface area contributed by atoms with Gasteiger partial charge in [-0.05, 0) is 43.4 Å². The first kappa shape index (κ1) is 24.5. The Morgan fingerprint density at radius 1 is 1.21 bits per heavy atom. The van der Waals surface area contributed by atoms with Gasteiger partial charge in [0.1, 0.15) is 29.9 Å². The number of aryl methyl sites for hydroxylation is 1. The third-order valence-electron chi connectivity index (χ3n) is 4.45. The first-order valence-electron chi connectivity index (χ1n) is 9.25. The number of benzene rings is 1. The molecule has 1 unspecified atom stereocenters. The lowest BCUT2D eigenvalue weighted by molar-refractivity contribution is -0.152. The number of alkyl halides is 3. The van der Waals surface area contributed by atoms with Gasteiger partial charge in [0.25, 0.3) is 0 Å². The van der Waals surface area contributed by atoms with Crippen LogP contribution in [0.1, 0.15) is 44.2 Å². The van der Waals surface area contributed by atoms with E-state index in [9.17, 15) is 22.4 Å². The summed E-state index contributed by atoms with van der Waals surface area (Å²) < 4.78 is 57.9. The average molecular weight is 417 g/mol. The number of halogens is 4. The van der Waals surface area contributed by atoms with Crippen LogP contribution in [0.2, 0.25) is 0 Å². The minimum atomic E-state index is -4.92. The lowest BCUT2D eigenvalue weighted by Crippen LogP contribution is -2.44. The van der Waals surface area contributed by atoms with Gasteiger partial charge >= 0.3 is 12.1 Å². The molecule has 1 aliphatic carbocycles. The fraction of sp³-hybridized carbons (Fsp3) is 0.450.